The minimum Gasteiger partial charge on any atom is -0.547 e. The van der Waals surface area contributed by atoms with E-state index in [4.69, 9.17) is 10.2 Å². The molecule has 2 unspecified atom stereocenters. The Kier molecular flexibility index (Phi) is 11.5. The maximum Gasteiger partial charge on any atom is 1.00 e. The topological polar surface area (TPSA) is 121 Å². The van der Waals surface area contributed by atoms with Crippen LogP contribution >= 0.6 is 0 Å². The summed E-state index contributed by atoms with van der Waals surface area (Å²) in [5, 5.41) is 35.7. The van der Waals surface area contributed by atoms with Crippen molar-refractivity contribution in [3.8, 4) is 0 Å². The van der Waals surface area contributed by atoms with Crippen molar-refractivity contribution in [2.45, 2.75) is 12.2 Å². The number of aliphatic hydroxyl groups excluding tert-OH is 2. The standard InChI is InChI=1S/C4H6O6.2Li/c5-1(3(7)8)2(6)4(9)10;;/h1-2,5-6H,(H,7,8)(H,9,10);;/q;2*+1/p-2. The van der Waals surface area contributed by atoms with Crippen LogP contribution in [0.3, 0.4) is 0 Å². The summed E-state index contributed by atoms with van der Waals surface area (Å²) in [6, 6.07) is 0. The molecular formula is C4H4Li2O6. The van der Waals surface area contributed by atoms with E-state index in [-0.39, 0.29) is 37.7 Å². The van der Waals surface area contributed by atoms with Crippen molar-refractivity contribution in [2.75, 3.05) is 0 Å². The Morgan fingerprint density at radius 3 is 1.17 bits per heavy atom. The summed E-state index contributed by atoms with van der Waals surface area (Å²) >= 11 is 0. The number of carbonyl (C=O) groups excluding carboxylic acids is 2. The van der Waals surface area contributed by atoms with Gasteiger partial charge in [-0.05, 0) is 0 Å². The van der Waals surface area contributed by atoms with Crippen molar-refractivity contribution in [3.05, 3.63) is 0 Å². The van der Waals surface area contributed by atoms with Crippen molar-refractivity contribution in [2.24, 2.45) is 0 Å². The van der Waals surface area contributed by atoms with Gasteiger partial charge in [-0.2, -0.15) is 0 Å². The van der Waals surface area contributed by atoms with E-state index < -0.39 is 24.1 Å². The number of carboxylic acid groups (broad SMARTS) is 2. The number of carbonyl (C=O) groups is 2. The SMILES string of the molecule is O=C([O-])C(O)C(O)C(=O)[O-].[Li+].[Li+]. The van der Waals surface area contributed by atoms with Crippen LogP contribution in [0.4, 0.5) is 0 Å². The molecule has 0 aromatic rings. The first kappa shape index (κ1) is 18.0. The first-order valence-electron chi connectivity index (χ1n) is 2.24. The zero-order chi connectivity index (χ0) is 8.31. The largest absolute Gasteiger partial charge is 1.00 e. The molecule has 0 saturated carbocycles. The number of aliphatic carboxylic acids is 2. The van der Waals surface area contributed by atoms with Crippen molar-refractivity contribution >= 4 is 11.9 Å². The molecule has 0 rings (SSSR count). The average Bonchev–Trinajstić information content (AvgIpc) is 1.84. The van der Waals surface area contributed by atoms with Crippen LogP contribution < -0.4 is 47.9 Å². The number of carboxylic acids is 2. The maximum atomic E-state index is 9.63. The molecule has 0 aromatic heterocycles. The second-order valence-corrected chi connectivity index (χ2v) is 1.53. The number of hydrogen-bond acceptors (Lipinski definition) is 6. The van der Waals surface area contributed by atoms with Crippen molar-refractivity contribution in [1.29, 1.82) is 0 Å². The monoisotopic (exact) mass is 162 g/mol. The molecule has 0 saturated heterocycles. The van der Waals surface area contributed by atoms with Gasteiger partial charge in [0, 0.05) is 0 Å². The molecule has 0 aliphatic carbocycles. The van der Waals surface area contributed by atoms with Crippen LogP contribution in [0.2, 0.25) is 0 Å². The van der Waals surface area contributed by atoms with E-state index in [1.807, 2.05) is 0 Å². The molecule has 2 N–H and O–H groups in total. The molecule has 0 fully saturated rings. The third-order valence-corrected chi connectivity index (χ3v) is 0.782. The quantitative estimate of drug-likeness (QED) is 0.397. The van der Waals surface area contributed by atoms with Gasteiger partial charge in [-0.25, -0.2) is 0 Å². The van der Waals surface area contributed by atoms with E-state index in [0.29, 0.717) is 0 Å². The fourth-order valence-corrected chi connectivity index (χ4v) is 0.258. The van der Waals surface area contributed by atoms with Crippen LogP contribution in [0.5, 0.6) is 0 Å². The average molecular weight is 162 g/mol. The minimum absolute atomic E-state index is 0. The molecule has 2 atom stereocenters. The summed E-state index contributed by atoms with van der Waals surface area (Å²) in [5.74, 6) is -4.12. The Bertz CT molecular complexity index is 142. The van der Waals surface area contributed by atoms with Gasteiger partial charge in [-0.1, -0.05) is 0 Å². The van der Waals surface area contributed by atoms with E-state index in [9.17, 15) is 19.8 Å². The summed E-state index contributed by atoms with van der Waals surface area (Å²) in [4.78, 5) is 19.3. The molecule has 58 valence electrons. The van der Waals surface area contributed by atoms with E-state index in [1.54, 1.807) is 0 Å². The van der Waals surface area contributed by atoms with Crippen molar-refractivity contribution in [3.63, 3.8) is 0 Å². The molecule has 0 aliphatic rings. The van der Waals surface area contributed by atoms with Gasteiger partial charge in [-0.15, -0.1) is 0 Å². The Morgan fingerprint density at radius 1 is 0.917 bits per heavy atom. The molecule has 0 aliphatic heterocycles. The Morgan fingerprint density at radius 2 is 1.08 bits per heavy atom. The van der Waals surface area contributed by atoms with Gasteiger partial charge >= 0.3 is 37.7 Å². The Balaban J connectivity index is -0.000000405. The minimum atomic E-state index is -2.44. The van der Waals surface area contributed by atoms with E-state index in [0.717, 1.165) is 0 Å². The molecule has 0 heterocycles. The second kappa shape index (κ2) is 7.69. The molecule has 0 bridgehead atoms. The fourth-order valence-electron chi connectivity index (χ4n) is 0.258. The number of hydrogen-bond donors (Lipinski definition) is 2. The molecule has 0 spiro atoms. The molecule has 12 heavy (non-hydrogen) atoms. The van der Waals surface area contributed by atoms with Gasteiger partial charge in [0.25, 0.3) is 0 Å². The van der Waals surface area contributed by atoms with Gasteiger partial charge in [-0.3, -0.25) is 0 Å². The van der Waals surface area contributed by atoms with Crippen LogP contribution in [0, 0.1) is 0 Å². The Labute approximate surface area is 91.9 Å². The number of rotatable bonds is 3. The third kappa shape index (κ3) is 5.67. The van der Waals surface area contributed by atoms with E-state index >= 15 is 0 Å². The summed E-state index contributed by atoms with van der Waals surface area (Å²) in [6.07, 6.45) is -4.88. The summed E-state index contributed by atoms with van der Waals surface area (Å²) in [5.41, 5.74) is 0. The third-order valence-electron chi connectivity index (χ3n) is 0.782. The van der Waals surface area contributed by atoms with Crippen LogP contribution in [0.25, 0.3) is 0 Å². The van der Waals surface area contributed by atoms with Crippen molar-refractivity contribution in [1.82, 2.24) is 0 Å². The fraction of sp³-hybridized carbons (Fsp3) is 0.500. The zero-order valence-corrected chi connectivity index (χ0v) is 6.68. The van der Waals surface area contributed by atoms with Gasteiger partial charge in [0.15, 0.2) is 0 Å². The van der Waals surface area contributed by atoms with Crippen LogP contribution in [-0.4, -0.2) is 34.4 Å². The normalized spacial score (nSPS) is 13.2. The van der Waals surface area contributed by atoms with Crippen LogP contribution in [0.1, 0.15) is 0 Å². The second-order valence-electron chi connectivity index (χ2n) is 1.53. The number of aliphatic hydroxyl groups is 2. The van der Waals surface area contributed by atoms with Crippen LogP contribution in [0.15, 0.2) is 0 Å². The predicted octanol–water partition coefficient (Wildman–Crippen LogP) is -10.8. The molecular weight excluding hydrogens is 158 g/mol. The summed E-state index contributed by atoms with van der Waals surface area (Å²) in [6.45, 7) is 0. The van der Waals surface area contributed by atoms with Gasteiger partial charge in [0.2, 0.25) is 0 Å². The molecule has 0 aromatic carbocycles. The molecule has 0 amide bonds. The van der Waals surface area contributed by atoms with Crippen molar-refractivity contribution < 1.29 is 67.7 Å². The first-order chi connectivity index (χ1) is 4.46. The molecule has 8 heteroatoms. The maximum absolute atomic E-state index is 9.63. The zero-order valence-electron chi connectivity index (χ0n) is 6.68. The first-order valence-corrected chi connectivity index (χ1v) is 2.24. The summed E-state index contributed by atoms with van der Waals surface area (Å²) < 4.78 is 0. The summed E-state index contributed by atoms with van der Waals surface area (Å²) in [7, 11) is 0. The smallest absolute Gasteiger partial charge is 0.547 e. The van der Waals surface area contributed by atoms with Crippen LogP contribution in [-0.2, 0) is 9.59 Å². The van der Waals surface area contributed by atoms with Gasteiger partial charge in [0.05, 0.1) is 11.9 Å². The Hall–Kier alpha value is 0.0548. The van der Waals surface area contributed by atoms with E-state index in [2.05, 4.69) is 0 Å². The van der Waals surface area contributed by atoms with E-state index in [1.165, 1.54) is 0 Å². The van der Waals surface area contributed by atoms with Gasteiger partial charge in [0.1, 0.15) is 12.2 Å². The van der Waals surface area contributed by atoms with Gasteiger partial charge < -0.3 is 30.0 Å². The molecule has 6 nitrogen and oxygen atoms in total. The predicted molar refractivity (Wildman–Crippen MR) is 22.0 cm³/mol. The molecule has 0 radical (unpaired) electrons.